The molecule has 1 atom stereocenters. The first-order valence-electron chi connectivity index (χ1n) is 13.0. The van der Waals surface area contributed by atoms with E-state index in [1.165, 1.54) is 17.0 Å². The molecule has 210 valence electrons. The summed E-state index contributed by atoms with van der Waals surface area (Å²) < 4.78 is 39.7. The van der Waals surface area contributed by atoms with Crippen LogP contribution < -0.4 is 9.62 Å². The summed E-state index contributed by atoms with van der Waals surface area (Å²) in [7, 11) is -2.29. The van der Waals surface area contributed by atoms with Crippen molar-refractivity contribution in [2.75, 3.05) is 11.9 Å². The van der Waals surface area contributed by atoms with E-state index >= 15 is 0 Å². The molecule has 9 heteroatoms. The SMILES string of the molecule is CC(C)[C@@H](NS(=O)(=O)c1ccc(-c2ccc(N(C)C(=O)c3cc4ccccc4o3)cc2)cc1)C(=O)OC(C)(C)C. The number of fused-ring (bicyclic) bond motifs is 1. The van der Waals surface area contributed by atoms with Crippen molar-refractivity contribution in [2.24, 2.45) is 5.92 Å². The lowest BCUT2D eigenvalue weighted by molar-refractivity contribution is -0.158. The van der Waals surface area contributed by atoms with Crippen molar-refractivity contribution in [3.63, 3.8) is 0 Å². The van der Waals surface area contributed by atoms with Crippen LogP contribution in [0.5, 0.6) is 0 Å². The van der Waals surface area contributed by atoms with Gasteiger partial charge in [0, 0.05) is 18.1 Å². The Morgan fingerprint density at radius 2 is 1.48 bits per heavy atom. The lowest BCUT2D eigenvalue weighted by Crippen LogP contribution is -2.47. The molecule has 4 rings (SSSR count). The van der Waals surface area contributed by atoms with Crippen LogP contribution in [0.4, 0.5) is 5.69 Å². The molecule has 1 N–H and O–H groups in total. The fraction of sp³-hybridized carbons (Fsp3) is 0.290. The van der Waals surface area contributed by atoms with E-state index in [2.05, 4.69) is 4.72 Å². The van der Waals surface area contributed by atoms with Gasteiger partial charge in [0.15, 0.2) is 5.76 Å². The number of para-hydroxylation sites is 1. The van der Waals surface area contributed by atoms with Crippen LogP contribution >= 0.6 is 0 Å². The van der Waals surface area contributed by atoms with E-state index in [-0.39, 0.29) is 22.5 Å². The first-order chi connectivity index (χ1) is 18.7. The number of rotatable bonds is 8. The number of hydrogen-bond acceptors (Lipinski definition) is 6. The molecule has 1 heterocycles. The van der Waals surface area contributed by atoms with E-state index in [0.29, 0.717) is 11.3 Å². The Labute approximate surface area is 235 Å². The van der Waals surface area contributed by atoms with Gasteiger partial charge in [0.1, 0.15) is 17.2 Å². The zero-order valence-corrected chi connectivity index (χ0v) is 24.3. The first-order valence-corrected chi connectivity index (χ1v) is 14.5. The lowest BCUT2D eigenvalue weighted by Gasteiger charge is -2.26. The molecule has 8 nitrogen and oxygen atoms in total. The maximum absolute atomic E-state index is 13.1. The van der Waals surface area contributed by atoms with Crippen molar-refractivity contribution in [1.29, 1.82) is 0 Å². The summed E-state index contributed by atoms with van der Waals surface area (Å²) in [6, 6.07) is 21.9. The number of hydrogen-bond donors (Lipinski definition) is 1. The Morgan fingerprint density at radius 3 is 2.02 bits per heavy atom. The van der Waals surface area contributed by atoms with Gasteiger partial charge < -0.3 is 14.1 Å². The molecular formula is C31H34N2O6S. The van der Waals surface area contributed by atoms with Gasteiger partial charge in [0.2, 0.25) is 10.0 Å². The number of ether oxygens (including phenoxy) is 1. The molecule has 0 unspecified atom stereocenters. The Hall–Kier alpha value is -3.95. The summed E-state index contributed by atoms with van der Waals surface area (Å²) in [6.45, 7) is 8.72. The number of carbonyl (C=O) groups excluding carboxylic acids is 2. The number of benzene rings is 3. The standard InChI is InChI=1S/C31H34N2O6S/c1-20(2)28(30(35)39-31(3,4)5)32-40(36,37)25-17-13-22(14-18-25)21-11-15-24(16-12-21)33(6)29(34)27-19-23-9-7-8-10-26(23)38-27/h7-20,28,32H,1-6H3/t28-/m1/s1. The highest BCUT2D eigenvalue weighted by molar-refractivity contribution is 7.89. The van der Waals surface area contributed by atoms with E-state index < -0.39 is 27.6 Å². The molecule has 0 aliphatic heterocycles. The van der Waals surface area contributed by atoms with Gasteiger partial charge in [-0.2, -0.15) is 4.72 Å². The Balaban J connectivity index is 1.47. The van der Waals surface area contributed by atoms with Gasteiger partial charge in [-0.05, 0) is 74.2 Å². The van der Waals surface area contributed by atoms with Crippen LogP contribution in [0.1, 0.15) is 45.2 Å². The summed E-state index contributed by atoms with van der Waals surface area (Å²) in [4.78, 5) is 27.1. The molecular weight excluding hydrogens is 528 g/mol. The van der Waals surface area contributed by atoms with Crippen molar-refractivity contribution < 1.29 is 27.2 Å². The number of nitrogens with one attached hydrogen (secondary N) is 1. The van der Waals surface area contributed by atoms with Crippen molar-refractivity contribution in [3.05, 3.63) is 84.6 Å². The minimum atomic E-state index is -3.97. The average molecular weight is 563 g/mol. The number of furan rings is 1. The van der Waals surface area contributed by atoms with E-state index in [9.17, 15) is 18.0 Å². The fourth-order valence-electron chi connectivity index (χ4n) is 4.13. The highest BCUT2D eigenvalue weighted by Crippen LogP contribution is 2.27. The van der Waals surface area contributed by atoms with Crippen LogP contribution in [0, 0.1) is 5.92 Å². The molecule has 0 fully saturated rings. The smallest absolute Gasteiger partial charge is 0.324 e. The monoisotopic (exact) mass is 562 g/mol. The second-order valence-corrected chi connectivity index (χ2v) is 12.7. The Morgan fingerprint density at radius 1 is 0.900 bits per heavy atom. The van der Waals surface area contributed by atoms with Gasteiger partial charge in [0.05, 0.1) is 4.90 Å². The predicted molar refractivity (Wildman–Crippen MR) is 156 cm³/mol. The topological polar surface area (TPSA) is 106 Å². The maximum Gasteiger partial charge on any atom is 0.324 e. The summed E-state index contributed by atoms with van der Waals surface area (Å²) in [5.41, 5.74) is 2.24. The van der Waals surface area contributed by atoms with Crippen LogP contribution in [-0.4, -0.2) is 39.0 Å². The number of amides is 1. The van der Waals surface area contributed by atoms with Gasteiger partial charge in [-0.25, -0.2) is 8.42 Å². The normalized spacial score (nSPS) is 12.9. The third-order valence-corrected chi connectivity index (χ3v) is 7.76. The highest BCUT2D eigenvalue weighted by atomic mass is 32.2. The number of carbonyl (C=O) groups is 2. The van der Waals surface area contributed by atoms with Crippen molar-refractivity contribution in [3.8, 4) is 11.1 Å². The van der Waals surface area contributed by atoms with Crippen molar-refractivity contribution in [1.82, 2.24) is 4.72 Å². The largest absolute Gasteiger partial charge is 0.459 e. The van der Waals surface area contributed by atoms with Gasteiger partial charge >= 0.3 is 5.97 Å². The third kappa shape index (κ3) is 6.60. The number of anilines is 1. The summed E-state index contributed by atoms with van der Waals surface area (Å²) in [5, 5.41) is 0.861. The van der Waals surface area contributed by atoms with Crippen molar-refractivity contribution >= 4 is 38.6 Å². The predicted octanol–water partition coefficient (Wildman–Crippen LogP) is 6.02. The molecule has 1 aromatic heterocycles. The molecule has 0 saturated carbocycles. The third-order valence-electron chi connectivity index (χ3n) is 6.30. The lowest BCUT2D eigenvalue weighted by atomic mass is 10.1. The molecule has 0 saturated heterocycles. The quantitative estimate of drug-likeness (QED) is 0.263. The second kappa shape index (κ2) is 11.3. The highest BCUT2D eigenvalue weighted by Gasteiger charge is 2.32. The summed E-state index contributed by atoms with van der Waals surface area (Å²) >= 11 is 0. The van der Waals surface area contributed by atoms with Crippen molar-refractivity contribution in [2.45, 2.75) is 51.2 Å². The molecule has 1 amide bonds. The number of sulfonamides is 1. The minimum Gasteiger partial charge on any atom is -0.459 e. The van der Waals surface area contributed by atoms with Gasteiger partial charge in [-0.15, -0.1) is 0 Å². The van der Waals surface area contributed by atoms with Crippen LogP contribution in [0.25, 0.3) is 22.1 Å². The minimum absolute atomic E-state index is 0.0400. The van der Waals surface area contributed by atoms with Crippen LogP contribution in [0.3, 0.4) is 0 Å². The number of esters is 1. The molecule has 0 bridgehead atoms. The molecule has 40 heavy (non-hydrogen) atoms. The van der Waals surface area contributed by atoms with Gasteiger partial charge in [-0.1, -0.05) is 56.3 Å². The summed E-state index contributed by atoms with van der Waals surface area (Å²) in [6.07, 6.45) is 0. The Bertz CT molecular complexity index is 1580. The molecule has 0 spiro atoms. The number of nitrogens with zero attached hydrogens (tertiary/aromatic N) is 1. The van der Waals surface area contributed by atoms with Gasteiger partial charge in [0.25, 0.3) is 5.91 Å². The maximum atomic E-state index is 13.1. The molecule has 0 aliphatic rings. The zero-order valence-electron chi connectivity index (χ0n) is 23.5. The van der Waals surface area contributed by atoms with E-state index in [0.717, 1.165) is 16.5 Å². The molecule has 0 aliphatic carbocycles. The zero-order chi connectivity index (χ0) is 29.2. The molecule has 0 radical (unpaired) electrons. The van der Waals surface area contributed by atoms with Crippen LogP contribution in [0.15, 0.2) is 88.2 Å². The van der Waals surface area contributed by atoms with Gasteiger partial charge in [-0.3, -0.25) is 9.59 Å². The van der Waals surface area contributed by atoms with Crippen LogP contribution in [-0.2, 0) is 19.6 Å². The van der Waals surface area contributed by atoms with E-state index in [1.54, 1.807) is 59.9 Å². The van der Waals surface area contributed by atoms with E-state index in [1.807, 2.05) is 48.5 Å². The molecule has 3 aromatic carbocycles. The van der Waals surface area contributed by atoms with Crippen LogP contribution in [0.2, 0.25) is 0 Å². The summed E-state index contributed by atoms with van der Waals surface area (Å²) in [5.74, 6) is -0.938. The second-order valence-electron chi connectivity index (χ2n) is 11.0. The van der Waals surface area contributed by atoms with E-state index in [4.69, 9.17) is 9.15 Å². The first kappa shape index (κ1) is 29.0. The average Bonchev–Trinajstić information content (AvgIpc) is 3.34. The fourth-order valence-corrected chi connectivity index (χ4v) is 5.46. The molecule has 4 aromatic rings. The Kier molecular flexibility index (Phi) is 8.18.